The Balaban J connectivity index is 0.000000211. The van der Waals surface area contributed by atoms with Gasteiger partial charge in [0.1, 0.15) is 0 Å². The van der Waals surface area contributed by atoms with Gasteiger partial charge >= 0.3 is 5.97 Å². The van der Waals surface area contributed by atoms with E-state index in [0.717, 1.165) is 10.0 Å². The average molecular weight is 352 g/mol. The summed E-state index contributed by atoms with van der Waals surface area (Å²) in [5.41, 5.74) is 7.24. The lowest BCUT2D eigenvalue weighted by molar-refractivity contribution is -0.146. The van der Waals surface area contributed by atoms with E-state index in [4.69, 9.17) is 15.9 Å². The highest BCUT2D eigenvalue weighted by Gasteiger charge is 2.14. The lowest BCUT2D eigenvalue weighted by Crippen LogP contribution is -2.09. The maximum Gasteiger partial charge on any atom is 0.337 e. The molecule has 0 unspecified atom stereocenters. The van der Waals surface area contributed by atoms with Crippen molar-refractivity contribution in [3.63, 3.8) is 0 Å². The van der Waals surface area contributed by atoms with Gasteiger partial charge in [0.15, 0.2) is 6.10 Å². The number of halogens is 1. The lowest BCUT2D eigenvalue weighted by atomic mass is 10.1. The Kier molecular flexibility index (Phi) is 7.08. The number of aliphatic hydroxyl groups excluding tert-OH is 1. The zero-order chi connectivity index (χ0) is 15.8. The van der Waals surface area contributed by atoms with Gasteiger partial charge in [-0.15, -0.1) is 0 Å². The van der Waals surface area contributed by atoms with Crippen LogP contribution in [0.2, 0.25) is 0 Å². The average Bonchev–Trinajstić information content (AvgIpc) is 2.48. The van der Waals surface area contributed by atoms with Crippen LogP contribution in [0.25, 0.3) is 0 Å². The third kappa shape index (κ3) is 5.67. The Morgan fingerprint density at radius 2 is 1.62 bits per heavy atom. The number of carbonyl (C=O) groups is 1. The van der Waals surface area contributed by atoms with Gasteiger partial charge < -0.3 is 15.9 Å². The molecule has 4 N–H and O–H groups in total. The minimum atomic E-state index is -1.41. The van der Waals surface area contributed by atoms with Crippen LogP contribution in [0.4, 0.5) is 0 Å². The van der Waals surface area contributed by atoms with E-state index in [1.54, 1.807) is 30.3 Å². The summed E-state index contributed by atoms with van der Waals surface area (Å²) in [4.78, 5) is 10.2. The highest BCUT2D eigenvalue weighted by atomic mass is 79.9. The first-order valence-electron chi connectivity index (χ1n) is 6.39. The summed E-state index contributed by atoms with van der Waals surface area (Å²) in [5.74, 6) is -1.23. The van der Waals surface area contributed by atoms with Crippen LogP contribution in [-0.4, -0.2) is 16.2 Å². The van der Waals surface area contributed by atoms with Crippen LogP contribution in [0, 0.1) is 0 Å². The molecule has 0 bridgehead atoms. The predicted molar refractivity (Wildman–Crippen MR) is 85.8 cm³/mol. The number of carboxylic acids is 1. The number of carboxylic acid groups (broad SMARTS) is 1. The van der Waals surface area contributed by atoms with Crippen LogP contribution in [0.5, 0.6) is 0 Å². The van der Waals surface area contributed by atoms with Crippen molar-refractivity contribution in [2.75, 3.05) is 0 Å². The minimum absolute atomic E-state index is 0.107. The van der Waals surface area contributed by atoms with Gasteiger partial charge in [-0.2, -0.15) is 0 Å². The van der Waals surface area contributed by atoms with E-state index >= 15 is 0 Å². The SMILES string of the molecule is C[C@@H](N)c1ccccc1Br.O=C(O)[C@@H](O)c1ccccc1. The third-order valence-electron chi connectivity index (χ3n) is 2.75. The zero-order valence-corrected chi connectivity index (χ0v) is 13.2. The summed E-state index contributed by atoms with van der Waals surface area (Å²) < 4.78 is 1.09. The second kappa shape index (κ2) is 8.56. The number of aliphatic hydroxyl groups is 1. The van der Waals surface area contributed by atoms with E-state index in [1.165, 1.54) is 0 Å². The molecule has 0 amide bonds. The molecule has 0 spiro atoms. The number of rotatable bonds is 3. The molecule has 0 fully saturated rings. The van der Waals surface area contributed by atoms with Gasteiger partial charge in [-0.1, -0.05) is 64.5 Å². The van der Waals surface area contributed by atoms with Crippen LogP contribution in [0.3, 0.4) is 0 Å². The van der Waals surface area contributed by atoms with Crippen LogP contribution < -0.4 is 5.73 Å². The van der Waals surface area contributed by atoms with E-state index < -0.39 is 12.1 Å². The first-order chi connectivity index (χ1) is 9.93. The number of hydrogen-bond donors (Lipinski definition) is 3. The van der Waals surface area contributed by atoms with Crippen molar-refractivity contribution in [1.82, 2.24) is 0 Å². The van der Waals surface area contributed by atoms with E-state index in [0.29, 0.717) is 5.56 Å². The van der Waals surface area contributed by atoms with Crippen molar-refractivity contribution in [3.8, 4) is 0 Å². The predicted octanol–water partition coefficient (Wildman–Crippen LogP) is 3.27. The second-order valence-electron chi connectivity index (χ2n) is 4.46. The Morgan fingerprint density at radius 3 is 2.05 bits per heavy atom. The maximum atomic E-state index is 10.2. The van der Waals surface area contributed by atoms with Crippen LogP contribution in [0.1, 0.15) is 30.2 Å². The van der Waals surface area contributed by atoms with Crippen LogP contribution >= 0.6 is 15.9 Å². The van der Waals surface area contributed by atoms with E-state index in [9.17, 15) is 4.79 Å². The number of aliphatic carboxylic acids is 1. The fourth-order valence-corrected chi connectivity index (χ4v) is 2.27. The molecular weight excluding hydrogens is 334 g/mol. The monoisotopic (exact) mass is 351 g/mol. The largest absolute Gasteiger partial charge is 0.479 e. The van der Waals surface area contributed by atoms with Crippen molar-refractivity contribution in [3.05, 3.63) is 70.2 Å². The molecular formula is C16H18BrNO3. The van der Waals surface area contributed by atoms with E-state index in [2.05, 4.69) is 15.9 Å². The summed E-state index contributed by atoms with van der Waals surface area (Å²) in [5, 5.41) is 17.4. The standard InChI is InChI=1S/C8H10BrN.C8H8O3/c1-6(10)7-4-2-3-5-8(7)9;9-7(8(10)11)6-4-2-1-3-5-6/h2-6H,10H2,1H3;1-5,7,9H,(H,10,11)/t6-;7-/m10/s1. The quantitative estimate of drug-likeness (QED) is 0.792. The molecule has 4 nitrogen and oxygen atoms in total. The Labute approximate surface area is 132 Å². The molecule has 112 valence electrons. The number of nitrogens with two attached hydrogens (primary N) is 1. The van der Waals surface area contributed by atoms with E-state index in [-0.39, 0.29) is 6.04 Å². The van der Waals surface area contributed by atoms with Gasteiger partial charge in [-0.3, -0.25) is 0 Å². The molecule has 2 atom stereocenters. The van der Waals surface area contributed by atoms with Crippen LogP contribution in [-0.2, 0) is 4.79 Å². The maximum absolute atomic E-state index is 10.2. The molecule has 2 aromatic rings. The van der Waals surface area contributed by atoms with Crippen molar-refractivity contribution < 1.29 is 15.0 Å². The zero-order valence-electron chi connectivity index (χ0n) is 11.6. The third-order valence-corrected chi connectivity index (χ3v) is 3.47. The highest BCUT2D eigenvalue weighted by molar-refractivity contribution is 9.10. The topological polar surface area (TPSA) is 83.6 Å². The molecule has 21 heavy (non-hydrogen) atoms. The number of benzene rings is 2. The molecule has 2 aromatic carbocycles. The van der Waals surface area contributed by atoms with Gasteiger partial charge in [0, 0.05) is 10.5 Å². The minimum Gasteiger partial charge on any atom is -0.479 e. The lowest BCUT2D eigenvalue weighted by Gasteiger charge is -2.06. The summed E-state index contributed by atoms with van der Waals surface area (Å²) in [6.07, 6.45) is -1.41. The molecule has 0 saturated heterocycles. The Hall–Kier alpha value is -1.69. The van der Waals surface area contributed by atoms with E-state index in [1.807, 2.05) is 31.2 Å². The normalized spacial score (nSPS) is 12.8. The van der Waals surface area contributed by atoms with Gasteiger partial charge in [-0.05, 0) is 24.1 Å². The number of hydrogen-bond acceptors (Lipinski definition) is 3. The molecule has 0 aliphatic heterocycles. The summed E-state index contributed by atoms with van der Waals surface area (Å²) in [6.45, 7) is 1.97. The van der Waals surface area contributed by atoms with Gasteiger partial charge in [0.05, 0.1) is 0 Å². The van der Waals surface area contributed by atoms with Gasteiger partial charge in [0.25, 0.3) is 0 Å². The summed E-state index contributed by atoms with van der Waals surface area (Å²) in [7, 11) is 0. The first kappa shape index (κ1) is 17.4. The highest BCUT2D eigenvalue weighted by Crippen LogP contribution is 2.20. The smallest absolute Gasteiger partial charge is 0.337 e. The fourth-order valence-electron chi connectivity index (χ4n) is 1.62. The van der Waals surface area contributed by atoms with Crippen LogP contribution in [0.15, 0.2) is 59.1 Å². The molecule has 0 aliphatic rings. The summed E-state index contributed by atoms with van der Waals surface area (Å²) >= 11 is 3.42. The molecule has 0 saturated carbocycles. The molecule has 2 rings (SSSR count). The van der Waals surface area contributed by atoms with Gasteiger partial charge in [-0.25, -0.2) is 4.79 Å². The molecule has 0 aromatic heterocycles. The Bertz CT molecular complexity index is 573. The first-order valence-corrected chi connectivity index (χ1v) is 7.18. The van der Waals surface area contributed by atoms with Crippen molar-refractivity contribution >= 4 is 21.9 Å². The second-order valence-corrected chi connectivity index (χ2v) is 5.32. The molecule has 5 heteroatoms. The van der Waals surface area contributed by atoms with Crippen molar-refractivity contribution in [1.29, 1.82) is 0 Å². The molecule has 0 aliphatic carbocycles. The van der Waals surface area contributed by atoms with Crippen molar-refractivity contribution in [2.24, 2.45) is 5.73 Å². The van der Waals surface area contributed by atoms with Crippen molar-refractivity contribution in [2.45, 2.75) is 19.1 Å². The fraction of sp³-hybridized carbons (Fsp3) is 0.188. The summed E-state index contributed by atoms with van der Waals surface area (Å²) in [6, 6.07) is 16.4. The van der Waals surface area contributed by atoms with Gasteiger partial charge in [0.2, 0.25) is 0 Å². The Morgan fingerprint density at radius 1 is 1.10 bits per heavy atom. The molecule has 0 heterocycles. The molecule has 0 radical (unpaired) electrons.